The lowest BCUT2D eigenvalue weighted by molar-refractivity contribution is 0.339. The second-order valence-electron chi connectivity index (χ2n) is 6.05. The lowest BCUT2D eigenvalue weighted by Crippen LogP contribution is -2.21. The standard InChI is InChI=1S/C15H25N3/c1-3-17-8-6-13(11-17)9-15-16-10-14-12(2)5-4-7-18(14)15/h10,12-13H,3-9,11H2,1-2H3. The predicted octanol–water partition coefficient (Wildman–Crippen LogP) is 2.66. The van der Waals surface area contributed by atoms with Gasteiger partial charge in [0.1, 0.15) is 5.82 Å². The Morgan fingerprint density at radius 1 is 1.33 bits per heavy atom. The molecule has 2 atom stereocenters. The van der Waals surface area contributed by atoms with Crippen LogP contribution in [0, 0.1) is 5.92 Å². The molecule has 0 spiro atoms. The molecule has 3 heterocycles. The molecule has 1 aromatic rings. The zero-order chi connectivity index (χ0) is 12.5. The van der Waals surface area contributed by atoms with Gasteiger partial charge < -0.3 is 9.47 Å². The first kappa shape index (κ1) is 12.2. The van der Waals surface area contributed by atoms with E-state index in [9.17, 15) is 0 Å². The molecule has 0 amide bonds. The maximum atomic E-state index is 4.71. The maximum Gasteiger partial charge on any atom is 0.109 e. The van der Waals surface area contributed by atoms with Crippen molar-refractivity contribution in [2.75, 3.05) is 19.6 Å². The predicted molar refractivity (Wildman–Crippen MR) is 73.8 cm³/mol. The Morgan fingerprint density at radius 2 is 2.22 bits per heavy atom. The Morgan fingerprint density at radius 3 is 3.00 bits per heavy atom. The molecule has 3 nitrogen and oxygen atoms in total. The molecule has 0 bridgehead atoms. The quantitative estimate of drug-likeness (QED) is 0.819. The monoisotopic (exact) mass is 247 g/mol. The van der Waals surface area contributed by atoms with Crippen LogP contribution in [-0.4, -0.2) is 34.1 Å². The third-order valence-corrected chi connectivity index (χ3v) is 4.78. The zero-order valence-corrected chi connectivity index (χ0v) is 11.7. The van der Waals surface area contributed by atoms with Crippen molar-refractivity contribution in [1.82, 2.24) is 14.5 Å². The van der Waals surface area contributed by atoms with Crippen LogP contribution in [0.2, 0.25) is 0 Å². The third-order valence-electron chi connectivity index (χ3n) is 4.78. The normalized spacial score (nSPS) is 28.6. The molecule has 0 aromatic carbocycles. The fourth-order valence-electron chi connectivity index (χ4n) is 3.57. The summed E-state index contributed by atoms with van der Waals surface area (Å²) in [5.41, 5.74) is 1.47. The molecule has 3 rings (SSSR count). The van der Waals surface area contributed by atoms with E-state index in [0.29, 0.717) is 5.92 Å². The fraction of sp³-hybridized carbons (Fsp3) is 0.800. The van der Waals surface area contributed by atoms with Crippen LogP contribution in [0.5, 0.6) is 0 Å². The molecule has 0 saturated carbocycles. The topological polar surface area (TPSA) is 21.1 Å². The van der Waals surface area contributed by atoms with E-state index in [4.69, 9.17) is 4.98 Å². The van der Waals surface area contributed by atoms with Crippen LogP contribution >= 0.6 is 0 Å². The van der Waals surface area contributed by atoms with Gasteiger partial charge >= 0.3 is 0 Å². The third kappa shape index (κ3) is 2.20. The molecule has 1 fully saturated rings. The molecule has 2 aliphatic heterocycles. The second kappa shape index (κ2) is 5.04. The van der Waals surface area contributed by atoms with Crippen molar-refractivity contribution in [2.45, 2.75) is 52.0 Å². The van der Waals surface area contributed by atoms with Crippen molar-refractivity contribution in [3.8, 4) is 0 Å². The van der Waals surface area contributed by atoms with Gasteiger partial charge in [-0.25, -0.2) is 4.98 Å². The minimum absolute atomic E-state index is 0.704. The maximum absolute atomic E-state index is 4.71. The highest BCUT2D eigenvalue weighted by Crippen LogP contribution is 2.29. The van der Waals surface area contributed by atoms with Crippen molar-refractivity contribution in [2.24, 2.45) is 5.92 Å². The lowest BCUT2D eigenvalue weighted by Gasteiger charge is -2.23. The molecular formula is C15H25N3. The van der Waals surface area contributed by atoms with Crippen molar-refractivity contribution in [3.63, 3.8) is 0 Å². The van der Waals surface area contributed by atoms with E-state index in [-0.39, 0.29) is 0 Å². The summed E-state index contributed by atoms with van der Waals surface area (Å²) in [6, 6.07) is 0. The molecule has 18 heavy (non-hydrogen) atoms. The van der Waals surface area contributed by atoms with Crippen LogP contribution in [0.3, 0.4) is 0 Å². The Labute approximate surface area is 110 Å². The molecule has 2 unspecified atom stereocenters. The molecule has 2 aliphatic rings. The van der Waals surface area contributed by atoms with Crippen molar-refractivity contribution < 1.29 is 0 Å². The Balaban J connectivity index is 1.70. The molecule has 0 N–H and O–H groups in total. The molecule has 100 valence electrons. The highest BCUT2D eigenvalue weighted by Gasteiger charge is 2.25. The van der Waals surface area contributed by atoms with Gasteiger partial charge in [-0.3, -0.25) is 0 Å². The molecule has 1 saturated heterocycles. The van der Waals surface area contributed by atoms with E-state index in [0.717, 1.165) is 5.92 Å². The van der Waals surface area contributed by atoms with E-state index < -0.39 is 0 Å². The summed E-state index contributed by atoms with van der Waals surface area (Å²) < 4.78 is 2.50. The van der Waals surface area contributed by atoms with Crippen LogP contribution in [0.1, 0.15) is 50.5 Å². The van der Waals surface area contributed by atoms with Gasteiger partial charge in [0, 0.05) is 31.4 Å². The van der Waals surface area contributed by atoms with Gasteiger partial charge in [-0.1, -0.05) is 13.8 Å². The number of aromatic nitrogens is 2. The number of rotatable bonds is 3. The summed E-state index contributed by atoms with van der Waals surface area (Å²) in [5.74, 6) is 2.88. The highest BCUT2D eigenvalue weighted by molar-refractivity contribution is 5.13. The first-order chi connectivity index (χ1) is 8.78. The molecular weight excluding hydrogens is 222 g/mol. The van der Waals surface area contributed by atoms with Crippen molar-refractivity contribution in [3.05, 3.63) is 17.7 Å². The largest absolute Gasteiger partial charge is 0.332 e. The number of likely N-dealkylation sites (tertiary alicyclic amines) is 1. The highest BCUT2D eigenvalue weighted by atomic mass is 15.1. The SMILES string of the molecule is CCN1CCC(Cc2ncc3n2CCCC3C)C1. The van der Waals surface area contributed by atoms with Gasteiger partial charge in [-0.15, -0.1) is 0 Å². The summed E-state index contributed by atoms with van der Waals surface area (Å²) in [5, 5.41) is 0. The van der Waals surface area contributed by atoms with Gasteiger partial charge in [-0.2, -0.15) is 0 Å². The van der Waals surface area contributed by atoms with E-state index in [2.05, 4.69) is 29.5 Å². The van der Waals surface area contributed by atoms with Gasteiger partial charge in [0.25, 0.3) is 0 Å². The van der Waals surface area contributed by atoms with Crippen LogP contribution in [0.4, 0.5) is 0 Å². The first-order valence-electron chi connectivity index (χ1n) is 7.54. The average Bonchev–Trinajstić information content (AvgIpc) is 2.98. The van der Waals surface area contributed by atoms with E-state index in [1.165, 1.54) is 63.4 Å². The Hall–Kier alpha value is -0.830. The van der Waals surface area contributed by atoms with Crippen LogP contribution in [0.15, 0.2) is 6.20 Å². The number of hydrogen-bond donors (Lipinski definition) is 0. The lowest BCUT2D eigenvalue weighted by atomic mass is 9.98. The van der Waals surface area contributed by atoms with Crippen molar-refractivity contribution >= 4 is 0 Å². The number of nitrogens with zero attached hydrogens (tertiary/aromatic N) is 3. The summed E-state index contributed by atoms with van der Waals surface area (Å²) in [6.07, 6.45) is 7.32. The summed E-state index contributed by atoms with van der Waals surface area (Å²) >= 11 is 0. The van der Waals surface area contributed by atoms with Crippen molar-refractivity contribution in [1.29, 1.82) is 0 Å². The van der Waals surface area contributed by atoms with Gasteiger partial charge in [0.15, 0.2) is 0 Å². The average molecular weight is 247 g/mol. The van der Waals surface area contributed by atoms with E-state index in [1.807, 2.05) is 0 Å². The second-order valence-corrected chi connectivity index (χ2v) is 6.05. The van der Waals surface area contributed by atoms with Gasteiger partial charge in [0.2, 0.25) is 0 Å². The summed E-state index contributed by atoms with van der Waals surface area (Å²) in [4.78, 5) is 7.27. The number of imidazole rings is 1. The van der Waals surface area contributed by atoms with Crippen LogP contribution in [0.25, 0.3) is 0 Å². The summed E-state index contributed by atoms with van der Waals surface area (Å²) in [7, 11) is 0. The van der Waals surface area contributed by atoms with Gasteiger partial charge in [0.05, 0.1) is 0 Å². The minimum Gasteiger partial charge on any atom is -0.332 e. The molecule has 1 aromatic heterocycles. The smallest absolute Gasteiger partial charge is 0.109 e. The minimum atomic E-state index is 0.704. The number of fused-ring (bicyclic) bond motifs is 1. The Kier molecular flexibility index (Phi) is 3.42. The fourth-order valence-corrected chi connectivity index (χ4v) is 3.57. The molecule has 0 aliphatic carbocycles. The van der Waals surface area contributed by atoms with Crippen LogP contribution < -0.4 is 0 Å². The molecule has 0 radical (unpaired) electrons. The summed E-state index contributed by atoms with van der Waals surface area (Å²) in [6.45, 7) is 9.55. The Bertz CT molecular complexity index is 410. The van der Waals surface area contributed by atoms with Gasteiger partial charge in [-0.05, 0) is 44.2 Å². The van der Waals surface area contributed by atoms with E-state index in [1.54, 1.807) is 0 Å². The molecule has 3 heteroatoms. The first-order valence-corrected chi connectivity index (χ1v) is 7.54. The number of hydrogen-bond acceptors (Lipinski definition) is 2. The van der Waals surface area contributed by atoms with E-state index >= 15 is 0 Å². The zero-order valence-electron chi connectivity index (χ0n) is 11.7. The van der Waals surface area contributed by atoms with Crippen LogP contribution in [-0.2, 0) is 13.0 Å².